The lowest BCUT2D eigenvalue weighted by Gasteiger charge is -2.10. The molecule has 0 aliphatic rings. The van der Waals surface area contributed by atoms with Gasteiger partial charge in [-0.15, -0.1) is 0 Å². The van der Waals surface area contributed by atoms with Crippen molar-refractivity contribution in [3.63, 3.8) is 0 Å². The van der Waals surface area contributed by atoms with Gasteiger partial charge in [-0.1, -0.05) is 195 Å². The van der Waals surface area contributed by atoms with Crippen molar-refractivity contribution in [2.75, 3.05) is 0 Å². The predicted molar refractivity (Wildman–Crippen MR) is 280 cm³/mol. The van der Waals surface area contributed by atoms with E-state index in [2.05, 4.69) is 235 Å². The summed E-state index contributed by atoms with van der Waals surface area (Å²) in [5.74, 6) is 0. The van der Waals surface area contributed by atoms with Crippen molar-refractivity contribution >= 4 is 44.4 Å². The number of nitrogens with zero attached hydrogens (tertiary/aromatic N) is 3. The lowest BCUT2D eigenvalue weighted by molar-refractivity contribution is 1.34. The van der Waals surface area contributed by atoms with Crippen LogP contribution < -0.4 is 0 Å². The molecule has 10 rings (SSSR count). The SMILES string of the molecule is C=C(/C=C\c1ccc2ccc(-c3ccc(C)cc3)nc2c1C)c1cccc(-c2cccc(-c3ccc4ccc5ccc(-c6ccc(C)cc6)nc5c4n3)c2)c1.CC.Cc1ccccc1C. The van der Waals surface area contributed by atoms with Crippen LogP contribution in [0.1, 0.15) is 52.8 Å². The highest BCUT2D eigenvalue weighted by atomic mass is 14.8. The molecular weight excluding hydrogens is 787 g/mol. The Balaban J connectivity index is 0.000000516. The molecule has 0 radical (unpaired) electrons. The molecule has 0 saturated heterocycles. The van der Waals surface area contributed by atoms with E-state index in [1.807, 2.05) is 13.8 Å². The maximum Gasteiger partial charge on any atom is 0.0972 e. The second-order valence-corrected chi connectivity index (χ2v) is 16.5. The fourth-order valence-electron chi connectivity index (χ4n) is 7.93. The Hall–Kier alpha value is -7.75. The second-order valence-electron chi connectivity index (χ2n) is 16.5. The van der Waals surface area contributed by atoms with Crippen LogP contribution in [-0.2, 0) is 0 Å². The predicted octanol–water partition coefficient (Wildman–Crippen LogP) is 17.0. The van der Waals surface area contributed by atoms with Crippen molar-refractivity contribution in [1.29, 1.82) is 0 Å². The summed E-state index contributed by atoms with van der Waals surface area (Å²) < 4.78 is 0. The third-order valence-corrected chi connectivity index (χ3v) is 12.0. The Morgan fingerprint density at radius 1 is 0.400 bits per heavy atom. The summed E-state index contributed by atoms with van der Waals surface area (Å²) in [5, 5.41) is 3.28. The molecule has 3 heteroatoms. The molecular formula is C62H55N3. The summed E-state index contributed by atoms with van der Waals surface area (Å²) in [4.78, 5) is 15.4. The first-order valence-corrected chi connectivity index (χ1v) is 22.5. The molecule has 0 fully saturated rings. The van der Waals surface area contributed by atoms with Crippen molar-refractivity contribution in [2.45, 2.75) is 48.5 Å². The highest BCUT2D eigenvalue weighted by Gasteiger charge is 2.11. The van der Waals surface area contributed by atoms with Crippen molar-refractivity contribution < 1.29 is 0 Å². The van der Waals surface area contributed by atoms with E-state index in [4.69, 9.17) is 15.0 Å². The van der Waals surface area contributed by atoms with Crippen LogP contribution in [0, 0.1) is 34.6 Å². The fraction of sp³-hybridized carbons (Fsp3) is 0.113. The van der Waals surface area contributed by atoms with Crippen LogP contribution in [0.3, 0.4) is 0 Å². The smallest absolute Gasteiger partial charge is 0.0972 e. The van der Waals surface area contributed by atoms with E-state index in [1.54, 1.807) is 0 Å². The molecule has 0 bridgehead atoms. The van der Waals surface area contributed by atoms with Crippen LogP contribution in [-0.4, -0.2) is 15.0 Å². The first kappa shape index (κ1) is 43.9. The minimum absolute atomic E-state index is 0.906. The first-order chi connectivity index (χ1) is 31.7. The van der Waals surface area contributed by atoms with E-state index in [0.717, 1.165) is 99.9 Å². The van der Waals surface area contributed by atoms with E-state index in [0.29, 0.717) is 0 Å². The largest absolute Gasteiger partial charge is 0.247 e. The number of rotatable bonds is 7. The van der Waals surface area contributed by atoms with Gasteiger partial charge in [-0.3, -0.25) is 0 Å². The van der Waals surface area contributed by atoms with Gasteiger partial charge in [0.15, 0.2) is 0 Å². The minimum Gasteiger partial charge on any atom is -0.247 e. The molecule has 3 heterocycles. The van der Waals surface area contributed by atoms with E-state index < -0.39 is 0 Å². The van der Waals surface area contributed by atoms with Crippen molar-refractivity contribution in [1.82, 2.24) is 15.0 Å². The lowest BCUT2D eigenvalue weighted by atomic mass is 9.96. The number of pyridine rings is 3. The van der Waals surface area contributed by atoms with Gasteiger partial charge in [-0.05, 0) is 109 Å². The van der Waals surface area contributed by atoms with Crippen LogP contribution in [0.2, 0.25) is 0 Å². The number of allylic oxidation sites excluding steroid dienone is 2. The molecule has 0 N–H and O–H groups in total. The standard InChI is InChI=1S/C52H39N3.C8H10.C2H6/c1-33-11-16-38(17-12-33)47-28-25-40-22-21-37(36(4)50(40)53-47)20-15-35(3)43-7-5-8-44(31-43)45-9-6-10-46(32-45)49-30-27-42-24-23-41-26-29-48(54-51(41)52(42)55-49)39-18-13-34(2)14-19-39;1-7-5-3-4-6-8(7)2;1-2/h5-32H,3H2,1-2,4H3;3-6H,1-2H3;1-2H3/b20-15-;;. The Morgan fingerprint density at radius 2 is 0.831 bits per heavy atom. The average Bonchev–Trinajstić information content (AvgIpc) is 3.35. The van der Waals surface area contributed by atoms with E-state index in [-0.39, 0.29) is 0 Å². The molecule has 318 valence electrons. The van der Waals surface area contributed by atoms with Gasteiger partial charge in [0, 0.05) is 32.8 Å². The van der Waals surface area contributed by atoms with Crippen molar-refractivity contribution in [3.8, 4) is 44.9 Å². The molecule has 0 saturated carbocycles. The Bertz CT molecular complexity index is 3320. The number of hydrogen-bond acceptors (Lipinski definition) is 3. The highest BCUT2D eigenvalue weighted by Crippen LogP contribution is 2.32. The number of benzene rings is 7. The Morgan fingerprint density at radius 3 is 1.37 bits per heavy atom. The highest BCUT2D eigenvalue weighted by molar-refractivity contribution is 6.04. The first-order valence-electron chi connectivity index (χ1n) is 22.5. The van der Waals surface area contributed by atoms with Crippen LogP contribution in [0.4, 0.5) is 0 Å². The van der Waals surface area contributed by atoms with E-state index >= 15 is 0 Å². The third kappa shape index (κ3) is 9.91. The zero-order valence-electron chi connectivity index (χ0n) is 38.5. The summed E-state index contributed by atoms with van der Waals surface area (Å²) in [6, 6.07) is 63.9. The molecule has 0 aliphatic carbocycles. The zero-order valence-corrected chi connectivity index (χ0v) is 38.5. The molecule has 3 aromatic heterocycles. The molecule has 3 nitrogen and oxygen atoms in total. The summed E-state index contributed by atoms with van der Waals surface area (Å²) >= 11 is 0. The fourth-order valence-corrected chi connectivity index (χ4v) is 7.93. The number of hydrogen-bond donors (Lipinski definition) is 0. The normalized spacial score (nSPS) is 11.0. The molecule has 10 aromatic rings. The molecule has 0 aliphatic heterocycles. The van der Waals surface area contributed by atoms with Gasteiger partial charge < -0.3 is 0 Å². The molecule has 0 spiro atoms. The third-order valence-electron chi connectivity index (χ3n) is 12.0. The summed E-state index contributed by atoms with van der Waals surface area (Å²) in [6.45, 7) is 19.1. The van der Waals surface area contributed by atoms with Crippen LogP contribution in [0.15, 0.2) is 195 Å². The van der Waals surface area contributed by atoms with Crippen LogP contribution >= 0.6 is 0 Å². The quantitative estimate of drug-likeness (QED) is 0.119. The van der Waals surface area contributed by atoms with Gasteiger partial charge in [0.1, 0.15) is 0 Å². The van der Waals surface area contributed by atoms with Crippen LogP contribution in [0.25, 0.3) is 89.3 Å². The number of aryl methyl sites for hydroxylation is 5. The molecule has 0 amide bonds. The maximum atomic E-state index is 5.22. The Kier molecular flexibility index (Phi) is 13.3. The van der Waals surface area contributed by atoms with Gasteiger partial charge in [-0.25, -0.2) is 15.0 Å². The van der Waals surface area contributed by atoms with E-state index in [9.17, 15) is 0 Å². The monoisotopic (exact) mass is 841 g/mol. The van der Waals surface area contributed by atoms with Crippen molar-refractivity contribution in [2.24, 2.45) is 0 Å². The topological polar surface area (TPSA) is 38.7 Å². The number of fused-ring (bicyclic) bond motifs is 4. The van der Waals surface area contributed by atoms with Crippen LogP contribution in [0.5, 0.6) is 0 Å². The second kappa shape index (κ2) is 19.7. The molecule has 7 aromatic carbocycles. The Labute approximate surface area is 384 Å². The minimum atomic E-state index is 0.906. The van der Waals surface area contributed by atoms with Gasteiger partial charge in [0.05, 0.1) is 33.6 Å². The maximum absolute atomic E-state index is 5.22. The van der Waals surface area contributed by atoms with E-state index in [1.165, 1.54) is 22.3 Å². The van der Waals surface area contributed by atoms with Gasteiger partial charge in [0.2, 0.25) is 0 Å². The molecule has 0 unspecified atom stereocenters. The molecule has 65 heavy (non-hydrogen) atoms. The summed E-state index contributed by atoms with van der Waals surface area (Å²) in [7, 11) is 0. The van der Waals surface area contributed by atoms with Gasteiger partial charge in [0.25, 0.3) is 0 Å². The van der Waals surface area contributed by atoms with Crippen molar-refractivity contribution in [3.05, 3.63) is 234 Å². The summed E-state index contributed by atoms with van der Waals surface area (Å²) in [5.41, 5.74) is 20.7. The number of aromatic nitrogens is 3. The summed E-state index contributed by atoms with van der Waals surface area (Å²) in [6.07, 6.45) is 4.26. The lowest BCUT2D eigenvalue weighted by Crippen LogP contribution is -1.91. The molecule has 0 atom stereocenters. The zero-order chi connectivity index (χ0) is 45.5. The van der Waals surface area contributed by atoms with Gasteiger partial charge in [-0.2, -0.15) is 0 Å². The average molecular weight is 842 g/mol. The van der Waals surface area contributed by atoms with Gasteiger partial charge >= 0.3 is 0 Å².